The molecule has 4 N–H and O–H groups in total. The molecule has 24 heavy (non-hydrogen) atoms. The lowest BCUT2D eigenvalue weighted by atomic mass is 10.3. The zero-order chi connectivity index (χ0) is 17.5. The minimum Gasteiger partial charge on any atom is -0.369 e. The van der Waals surface area contributed by atoms with Crippen molar-refractivity contribution in [2.45, 2.75) is 17.7 Å². The Morgan fingerprint density at radius 2 is 1.79 bits per heavy atom. The van der Waals surface area contributed by atoms with Crippen molar-refractivity contribution < 1.29 is 14.4 Å². The maximum absolute atomic E-state index is 11.9. The van der Waals surface area contributed by atoms with Gasteiger partial charge in [0.2, 0.25) is 17.7 Å². The van der Waals surface area contributed by atoms with Gasteiger partial charge in [-0.25, -0.2) is 4.98 Å². The summed E-state index contributed by atoms with van der Waals surface area (Å²) >= 11 is 2.66. The second-order valence-electron chi connectivity index (χ2n) is 4.84. The highest BCUT2D eigenvalue weighted by molar-refractivity contribution is 8.01. The summed E-state index contributed by atoms with van der Waals surface area (Å²) in [4.78, 5) is 37.9. The quantitative estimate of drug-likeness (QED) is 0.649. The van der Waals surface area contributed by atoms with Crippen molar-refractivity contribution in [1.29, 1.82) is 0 Å². The van der Waals surface area contributed by atoms with Gasteiger partial charge >= 0.3 is 0 Å². The summed E-state index contributed by atoms with van der Waals surface area (Å²) in [6.45, 7) is 1.43. The molecule has 0 bridgehead atoms. The van der Waals surface area contributed by atoms with Crippen molar-refractivity contribution in [3.63, 3.8) is 0 Å². The van der Waals surface area contributed by atoms with Gasteiger partial charge in [-0.2, -0.15) is 0 Å². The molecule has 0 radical (unpaired) electrons. The molecular formula is C15H16N4O3S2. The number of anilines is 2. The van der Waals surface area contributed by atoms with Crippen molar-refractivity contribution >= 4 is 52.2 Å². The fraction of sp³-hybridized carbons (Fsp3) is 0.200. The molecule has 0 atom stereocenters. The highest BCUT2D eigenvalue weighted by Gasteiger charge is 2.09. The Morgan fingerprint density at radius 1 is 1.17 bits per heavy atom. The smallest absolute Gasteiger partial charge is 0.234 e. The third kappa shape index (κ3) is 6.01. The molecule has 0 aliphatic heterocycles. The van der Waals surface area contributed by atoms with E-state index in [0.717, 1.165) is 0 Å². The number of amides is 3. The van der Waals surface area contributed by atoms with Crippen LogP contribution in [0, 0.1) is 0 Å². The third-order valence-electron chi connectivity index (χ3n) is 2.70. The summed E-state index contributed by atoms with van der Waals surface area (Å²) in [5.41, 5.74) is 7.03. The van der Waals surface area contributed by atoms with Crippen LogP contribution in [-0.4, -0.2) is 28.5 Å². The Morgan fingerprint density at radius 3 is 2.38 bits per heavy atom. The second-order valence-corrected chi connectivity index (χ2v) is 6.92. The minimum absolute atomic E-state index is 0.101. The SMILES string of the molecule is CC(=O)Nc1ccc(NC(=O)CSc2nc(CC(N)=O)cs2)cc1. The first-order valence-corrected chi connectivity index (χ1v) is 8.82. The highest BCUT2D eigenvalue weighted by Crippen LogP contribution is 2.23. The number of nitrogens with zero attached hydrogens (tertiary/aromatic N) is 1. The van der Waals surface area contributed by atoms with Crippen LogP contribution in [0.4, 0.5) is 11.4 Å². The first-order valence-electron chi connectivity index (χ1n) is 6.95. The lowest BCUT2D eigenvalue weighted by molar-refractivity contribution is -0.117. The molecule has 126 valence electrons. The summed E-state index contributed by atoms with van der Waals surface area (Å²) in [7, 11) is 0. The molecule has 0 saturated carbocycles. The summed E-state index contributed by atoms with van der Waals surface area (Å²) in [5, 5.41) is 7.17. The molecular weight excluding hydrogens is 348 g/mol. The molecule has 7 nitrogen and oxygen atoms in total. The van der Waals surface area contributed by atoms with E-state index in [2.05, 4.69) is 15.6 Å². The molecule has 9 heteroatoms. The number of nitrogens with two attached hydrogens (primary N) is 1. The van der Waals surface area contributed by atoms with Crippen LogP contribution in [0.2, 0.25) is 0 Å². The standard InChI is InChI=1S/C15H16N4O3S2/c1-9(20)17-10-2-4-11(5-3-10)18-14(22)8-24-15-19-12(7-23-15)6-13(16)21/h2-5,7H,6,8H2,1H3,(H2,16,21)(H,17,20)(H,18,22). The van der Waals surface area contributed by atoms with Crippen LogP contribution >= 0.6 is 23.1 Å². The van der Waals surface area contributed by atoms with E-state index in [1.54, 1.807) is 29.6 Å². The van der Waals surface area contributed by atoms with Crippen molar-refractivity contribution in [2.24, 2.45) is 5.73 Å². The van der Waals surface area contributed by atoms with Crippen LogP contribution in [0.15, 0.2) is 34.0 Å². The van der Waals surface area contributed by atoms with Crippen LogP contribution in [0.1, 0.15) is 12.6 Å². The van der Waals surface area contributed by atoms with Crippen molar-refractivity contribution in [1.82, 2.24) is 4.98 Å². The molecule has 0 unspecified atom stereocenters. The highest BCUT2D eigenvalue weighted by atomic mass is 32.2. The average Bonchev–Trinajstić information content (AvgIpc) is 2.93. The van der Waals surface area contributed by atoms with Gasteiger partial charge in [-0.15, -0.1) is 11.3 Å². The number of hydrogen-bond donors (Lipinski definition) is 3. The second kappa shape index (κ2) is 8.46. The number of carbonyl (C=O) groups excluding carboxylic acids is 3. The molecule has 1 aromatic carbocycles. The van der Waals surface area contributed by atoms with E-state index >= 15 is 0 Å². The summed E-state index contributed by atoms with van der Waals surface area (Å²) < 4.78 is 0.711. The Kier molecular flexibility index (Phi) is 6.33. The maximum Gasteiger partial charge on any atom is 0.234 e. The van der Waals surface area contributed by atoms with Gasteiger partial charge in [0.15, 0.2) is 4.34 Å². The summed E-state index contributed by atoms with van der Waals surface area (Å²) in [5.74, 6) is -0.546. The molecule has 0 aliphatic carbocycles. The Labute approximate surface area is 147 Å². The predicted octanol–water partition coefficient (Wildman–Crippen LogP) is 1.86. The number of aromatic nitrogens is 1. The number of rotatable bonds is 7. The number of carbonyl (C=O) groups is 3. The summed E-state index contributed by atoms with van der Waals surface area (Å²) in [6.07, 6.45) is 0.101. The Balaban J connectivity index is 1.81. The molecule has 0 fully saturated rings. The number of thioether (sulfide) groups is 1. The molecule has 2 rings (SSSR count). The number of thiazole rings is 1. The van der Waals surface area contributed by atoms with Crippen molar-refractivity contribution in [2.75, 3.05) is 16.4 Å². The van der Waals surface area contributed by atoms with Gasteiger partial charge in [0.05, 0.1) is 17.9 Å². The monoisotopic (exact) mass is 364 g/mol. The molecule has 0 saturated heterocycles. The third-order valence-corrected chi connectivity index (χ3v) is 4.77. The molecule has 1 heterocycles. The zero-order valence-electron chi connectivity index (χ0n) is 12.9. The van der Waals surface area contributed by atoms with Crippen LogP contribution in [-0.2, 0) is 20.8 Å². The van der Waals surface area contributed by atoms with E-state index in [-0.39, 0.29) is 24.0 Å². The van der Waals surface area contributed by atoms with E-state index in [0.29, 0.717) is 21.4 Å². The van der Waals surface area contributed by atoms with Gasteiger partial charge in [0, 0.05) is 23.7 Å². The fourth-order valence-electron chi connectivity index (χ4n) is 1.78. The first kappa shape index (κ1) is 18.0. The van der Waals surface area contributed by atoms with E-state index in [1.807, 2.05) is 0 Å². The van der Waals surface area contributed by atoms with Crippen LogP contribution < -0.4 is 16.4 Å². The number of primary amides is 1. The molecule has 1 aromatic heterocycles. The predicted molar refractivity (Wildman–Crippen MR) is 95.1 cm³/mol. The van der Waals surface area contributed by atoms with Gasteiger partial charge in [0.25, 0.3) is 0 Å². The number of benzene rings is 1. The molecule has 0 spiro atoms. The van der Waals surface area contributed by atoms with E-state index in [9.17, 15) is 14.4 Å². The van der Waals surface area contributed by atoms with E-state index in [4.69, 9.17) is 5.73 Å². The molecule has 2 aromatic rings. The number of hydrogen-bond acceptors (Lipinski definition) is 6. The largest absolute Gasteiger partial charge is 0.369 e. The van der Waals surface area contributed by atoms with Gasteiger partial charge in [0.1, 0.15) is 0 Å². The van der Waals surface area contributed by atoms with Gasteiger partial charge in [-0.1, -0.05) is 11.8 Å². The molecule has 3 amide bonds. The topological polar surface area (TPSA) is 114 Å². The first-order chi connectivity index (χ1) is 11.4. The molecule has 0 aliphatic rings. The van der Waals surface area contributed by atoms with Crippen LogP contribution in [0.5, 0.6) is 0 Å². The minimum atomic E-state index is -0.433. The average molecular weight is 364 g/mol. The van der Waals surface area contributed by atoms with Crippen molar-refractivity contribution in [3.05, 3.63) is 35.3 Å². The normalized spacial score (nSPS) is 10.2. The van der Waals surface area contributed by atoms with E-state index in [1.165, 1.54) is 30.0 Å². The Hall–Kier alpha value is -2.39. The van der Waals surface area contributed by atoms with Crippen molar-refractivity contribution in [3.8, 4) is 0 Å². The van der Waals surface area contributed by atoms with Crippen LogP contribution in [0.25, 0.3) is 0 Å². The lowest BCUT2D eigenvalue weighted by Crippen LogP contribution is -2.14. The lowest BCUT2D eigenvalue weighted by Gasteiger charge is -2.06. The van der Waals surface area contributed by atoms with Gasteiger partial charge in [-0.05, 0) is 24.3 Å². The van der Waals surface area contributed by atoms with Gasteiger partial charge < -0.3 is 16.4 Å². The Bertz CT molecular complexity index is 743. The fourth-order valence-corrected chi connectivity index (χ4v) is 3.42. The van der Waals surface area contributed by atoms with Crippen LogP contribution in [0.3, 0.4) is 0 Å². The maximum atomic E-state index is 11.9. The van der Waals surface area contributed by atoms with E-state index < -0.39 is 5.91 Å². The zero-order valence-corrected chi connectivity index (χ0v) is 14.5. The summed E-state index contributed by atoms with van der Waals surface area (Å²) in [6, 6.07) is 6.84. The van der Waals surface area contributed by atoms with Gasteiger partial charge in [-0.3, -0.25) is 14.4 Å². The number of nitrogens with one attached hydrogen (secondary N) is 2.